The maximum atomic E-state index is 5.26. The molecule has 6 nitrogen and oxygen atoms in total. The molecule has 1 aromatic rings. The monoisotopic (exact) mass is 165 g/mol. The lowest BCUT2D eigenvalue weighted by molar-refractivity contribution is 0.230. The van der Waals surface area contributed by atoms with E-state index in [4.69, 9.17) is 17.0 Å². The van der Waals surface area contributed by atoms with Crippen LogP contribution in [-0.2, 0) is 4.84 Å². The minimum atomic E-state index is 0.122. The van der Waals surface area contributed by atoms with Crippen molar-refractivity contribution < 1.29 is 4.84 Å². The van der Waals surface area contributed by atoms with Crippen LogP contribution < -0.4 is 11.2 Å². The lowest BCUT2D eigenvalue weighted by Crippen LogP contribution is -2.07. The van der Waals surface area contributed by atoms with Gasteiger partial charge in [-0.15, -0.1) is 6.42 Å². The maximum Gasteiger partial charge on any atom is 0.251 e. The predicted octanol–water partition coefficient (Wildman–Crippen LogP) is -0.570. The maximum absolute atomic E-state index is 5.26. The zero-order chi connectivity index (χ0) is 8.81. The van der Waals surface area contributed by atoms with Crippen LogP contribution in [0.3, 0.4) is 0 Å². The van der Waals surface area contributed by atoms with Gasteiger partial charge in [0.15, 0.2) is 0 Å². The molecule has 1 aromatic heterocycles. The first-order valence-corrected chi connectivity index (χ1v) is 3.08. The number of hydrogen-bond donors (Lipinski definition) is 2. The van der Waals surface area contributed by atoms with Crippen LogP contribution in [0.1, 0.15) is 0 Å². The van der Waals surface area contributed by atoms with Crippen LogP contribution in [0.4, 0.5) is 11.9 Å². The Morgan fingerprint density at radius 1 is 1.67 bits per heavy atom. The van der Waals surface area contributed by atoms with Crippen molar-refractivity contribution in [1.29, 1.82) is 0 Å². The smallest absolute Gasteiger partial charge is 0.251 e. The fraction of sp³-hybridized carbons (Fsp3) is 0.167. The first-order chi connectivity index (χ1) is 5.83. The topological polar surface area (TPSA) is 86.0 Å². The molecule has 1 rings (SSSR count). The van der Waals surface area contributed by atoms with Gasteiger partial charge in [0.1, 0.15) is 12.9 Å². The average Bonchev–Trinajstić information content (AvgIpc) is 2.05. The summed E-state index contributed by atoms with van der Waals surface area (Å²) in [6.07, 6.45) is 6.20. The molecular formula is C6H7N5O. The first kappa shape index (κ1) is 8.23. The third-order valence-electron chi connectivity index (χ3n) is 0.909. The van der Waals surface area contributed by atoms with Gasteiger partial charge in [-0.3, -0.25) is 4.84 Å². The summed E-state index contributed by atoms with van der Waals surface area (Å²) < 4.78 is 0. The van der Waals surface area contributed by atoms with Crippen LogP contribution in [0.25, 0.3) is 0 Å². The molecule has 0 bridgehead atoms. The van der Waals surface area contributed by atoms with E-state index in [0.29, 0.717) is 0 Å². The van der Waals surface area contributed by atoms with Crippen LogP contribution in [0, 0.1) is 12.3 Å². The summed E-state index contributed by atoms with van der Waals surface area (Å²) in [5, 5.41) is 0. The highest BCUT2D eigenvalue weighted by molar-refractivity contribution is 5.26. The zero-order valence-electron chi connectivity index (χ0n) is 6.19. The molecule has 0 aliphatic carbocycles. The molecule has 0 saturated heterocycles. The van der Waals surface area contributed by atoms with Crippen LogP contribution in [0.15, 0.2) is 6.33 Å². The van der Waals surface area contributed by atoms with Gasteiger partial charge >= 0.3 is 0 Å². The molecule has 12 heavy (non-hydrogen) atoms. The quantitative estimate of drug-likeness (QED) is 0.354. The predicted molar refractivity (Wildman–Crippen MR) is 42.6 cm³/mol. The van der Waals surface area contributed by atoms with E-state index >= 15 is 0 Å². The fourth-order valence-corrected chi connectivity index (χ4v) is 0.500. The van der Waals surface area contributed by atoms with E-state index in [2.05, 4.69) is 26.4 Å². The van der Waals surface area contributed by atoms with Crippen LogP contribution in [0.5, 0.6) is 0 Å². The van der Waals surface area contributed by atoms with Crippen molar-refractivity contribution in [2.24, 2.45) is 0 Å². The summed E-state index contributed by atoms with van der Waals surface area (Å²) >= 11 is 0. The minimum absolute atomic E-state index is 0.122. The van der Waals surface area contributed by atoms with E-state index in [-0.39, 0.29) is 18.5 Å². The van der Waals surface area contributed by atoms with Crippen molar-refractivity contribution in [3.05, 3.63) is 6.33 Å². The van der Waals surface area contributed by atoms with E-state index < -0.39 is 0 Å². The molecule has 62 valence electrons. The van der Waals surface area contributed by atoms with Crippen LogP contribution in [0.2, 0.25) is 0 Å². The Bertz CT molecular complexity index is 294. The standard InChI is InChI=1S/C6H7N5O/c1-2-3-12-11-6-9-4-8-5(7)10-6/h1,4H,3H2,(H3,7,8,9,10,11). The van der Waals surface area contributed by atoms with Crippen molar-refractivity contribution in [2.75, 3.05) is 17.8 Å². The van der Waals surface area contributed by atoms with E-state index in [0.717, 1.165) is 0 Å². The summed E-state index contributed by atoms with van der Waals surface area (Å²) in [4.78, 5) is 15.7. The van der Waals surface area contributed by atoms with Crippen molar-refractivity contribution in [3.63, 3.8) is 0 Å². The molecule has 0 spiro atoms. The molecule has 0 amide bonds. The Balaban J connectivity index is 2.48. The molecule has 0 radical (unpaired) electrons. The van der Waals surface area contributed by atoms with Crippen molar-refractivity contribution in [3.8, 4) is 12.3 Å². The van der Waals surface area contributed by atoms with Crippen molar-refractivity contribution in [1.82, 2.24) is 15.0 Å². The minimum Gasteiger partial charge on any atom is -0.368 e. The van der Waals surface area contributed by atoms with Gasteiger partial charge in [-0.05, 0) is 0 Å². The van der Waals surface area contributed by atoms with Crippen LogP contribution >= 0.6 is 0 Å². The number of anilines is 2. The third-order valence-corrected chi connectivity index (χ3v) is 0.909. The summed E-state index contributed by atoms with van der Waals surface area (Å²) in [6.45, 7) is 0.131. The molecule has 0 saturated carbocycles. The van der Waals surface area contributed by atoms with Gasteiger partial charge in [-0.25, -0.2) is 10.5 Å². The number of nitrogens with zero attached hydrogens (tertiary/aromatic N) is 3. The number of aromatic nitrogens is 3. The Hall–Kier alpha value is -1.87. The van der Waals surface area contributed by atoms with E-state index in [9.17, 15) is 0 Å². The fourth-order valence-electron chi connectivity index (χ4n) is 0.500. The summed E-state index contributed by atoms with van der Waals surface area (Å²) in [7, 11) is 0. The Morgan fingerprint density at radius 3 is 3.17 bits per heavy atom. The van der Waals surface area contributed by atoms with E-state index in [1.165, 1.54) is 6.33 Å². The number of nitrogens with one attached hydrogen (secondary N) is 1. The van der Waals surface area contributed by atoms with E-state index in [1.54, 1.807) is 0 Å². The average molecular weight is 165 g/mol. The molecule has 3 N–H and O–H groups in total. The second-order valence-electron chi connectivity index (χ2n) is 1.76. The van der Waals surface area contributed by atoms with E-state index in [1.807, 2.05) is 0 Å². The summed E-state index contributed by atoms with van der Waals surface area (Å²) in [5.41, 5.74) is 7.67. The van der Waals surface area contributed by atoms with Gasteiger partial charge < -0.3 is 5.73 Å². The highest BCUT2D eigenvalue weighted by Crippen LogP contribution is 1.96. The second-order valence-corrected chi connectivity index (χ2v) is 1.76. The molecule has 0 aliphatic heterocycles. The zero-order valence-corrected chi connectivity index (χ0v) is 6.19. The number of terminal acetylenes is 1. The third kappa shape index (κ3) is 2.40. The number of rotatable bonds is 3. The largest absolute Gasteiger partial charge is 0.368 e. The number of nitrogens with two attached hydrogens (primary N) is 1. The highest BCUT2D eigenvalue weighted by atomic mass is 16.6. The highest BCUT2D eigenvalue weighted by Gasteiger charge is 1.94. The van der Waals surface area contributed by atoms with Gasteiger partial charge in [0.05, 0.1) is 0 Å². The van der Waals surface area contributed by atoms with Crippen LogP contribution in [-0.4, -0.2) is 21.6 Å². The van der Waals surface area contributed by atoms with Gasteiger partial charge in [-0.1, -0.05) is 5.92 Å². The molecular weight excluding hydrogens is 158 g/mol. The molecule has 6 heteroatoms. The number of hydrogen-bond acceptors (Lipinski definition) is 6. The number of nitrogen functional groups attached to an aromatic ring is 1. The molecule has 0 atom stereocenters. The Labute approximate surface area is 69.1 Å². The molecule has 0 unspecified atom stereocenters. The first-order valence-electron chi connectivity index (χ1n) is 3.08. The SMILES string of the molecule is C#CCONc1ncnc(N)n1. The van der Waals surface area contributed by atoms with Gasteiger partial charge in [0, 0.05) is 0 Å². The lowest BCUT2D eigenvalue weighted by Gasteiger charge is -2.00. The summed E-state index contributed by atoms with van der Waals surface area (Å²) in [6, 6.07) is 0. The van der Waals surface area contributed by atoms with Gasteiger partial charge in [0.2, 0.25) is 5.95 Å². The molecule has 1 heterocycles. The Kier molecular flexibility index (Phi) is 2.81. The summed E-state index contributed by atoms with van der Waals surface area (Å²) in [5.74, 6) is 2.62. The van der Waals surface area contributed by atoms with Gasteiger partial charge in [0.25, 0.3) is 5.95 Å². The Morgan fingerprint density at radius 2 is 2.50 bits per heavy atom. The van der Waals surface area contributed by atoms with Crippen molar-refractivity contribution in [2.45, 2.75) is 0 Å². The van der Waals surface area contributed by atoms with Gasteiger partial charge in [-0.2, -0.15) is 9.97 Å². The molecule has 0 aliphatic rings. The van der Waals surface area contributed by atoms with Crippen molar-refractivity contribution >= 4 is 11.9 Å². The normalized spacial score (nSPS) is 8.92. The second kappa shape index (κ2) is 4.10. The molecule has 0 aromatic carbocycles. The lowest BCUT2D eigenvalue weighted by atomic mass is 10.8. The molecule has 0 fully saturated rings.